The lowest BCUT2D eigenvalue weighted by Gasteiger charge is -2.07. The van der Waals surface area contributed by atoms with E-state index in [4.69, 9.17) is 5.26 Å². The third kappa shape index (κ3) is 5.11. The summed E-state index contributed by atoms with van der Waals surface area (Å²) >= 11 is 0. The fourth-order valence-electron chi connectivity index (χ4n) is 2.46. The van der Waals surface area contributed by atoms with Gasteiger partial charge in [0.05, 0.1) is 23.4 Å². The Balaban J connectivity index is 1.64. The molecule has 3 rings (SSSR count). The Morgan fingerprint density at radius 2 is 1.72 bits per heavy atom. The van der Waals surface area contributed by atoms with Gasteiger partial charge in [0.15, 0.2) is 0 Å². The number of carbonyl (C=O) groups excluding carboxylic acids is 2. The van der Waals surface area contributed by atoms with E-state index in [9.17, 15) is 14.0 Å². The van der Waals surface area contributed by atoms with Gasteiger partial charge in [-0.25, -0.2) is 9.82 Å². The van der Waals surface area contributed by atoms with Crippen molar-refractivity contribution in [2.45, 2.75) is 0 Å². The van der Waals surface area contributed by atoms with Gasteiger partial charge in [0.1, 0.15) is 5.82 Å². The van der Waals surface area contributed by atoms with Gasteiger partial charge in [-0.15, -0.1) is 0 Å². The van der Waals surface area contributed by atoms with E-state index >= 15 is 0 Å². The van der Waals surface area contributed by atoms with Crippen LogP contribution in [0.25, 0.3) is 0 Å². The summed E-state index contributed by atoms with van der Waals surface area (Å²) in [5.74, 6) is -1.72. The number of nitrogens with zero attached hydrogens (tertiary/aromatic N) is 2. The van der Waals surface area contributed by atoms with Crippen molar-refractivity contribution in [1.29, 1.82) is 5.26 Å². The molecule has 0 atom stereocenters. The molecule has 0 unspecified atom stereocenters. The van der Waals surface area contributed by atoms with E-state index in [-0.39, 0.29) is 11.1 Å². The van der Waals surface area contributed by atoms with E-state index in [1.54, 1.807) is 48.5 Å². The Bertz CT molecular complexity index is 1120. The van der Waals surface area contributed by atoms with Gasteiger partial charge in [0, 0.05) is 11.3 Å². The van der Waals surface area contributed by atoms with E-state index in [2.05, 4.69) is 15.8 Å². The SMILES string of the molecule is N#Cc1ccc(/C=N/NC(=O)c2cccc(NC(=O)c3ccccc3F)c2)cc1. The first-order valence-corrected chi connectivity index (χ1v) is 8.56. The highest BCUT2D eigenvalue weighted by atomic mass is 19.1. The highest BCUT2D eigenvalue weighted by Crippen LogP contribution is 2.14. The summed E-state index contributed by atoms with van der Waals surface area (Å²) in [5, 5.41) is 15.2. The normalized spacial score (nSPS) is 10.3. The Kier molecular flexibility index (Phi) is 6.08. The van der Waals surface area contributed by atoms with E-state index < -0.39 is 17.6 Å². The van der Waals surface area contributed by atoms with Gasteiger partial charge in [-0.1, -0.05) is 30.3 Å². The Labute approximate surface area is 166 Å². The minimum absolute atomic E-state index is 0.0885. The molecule has 0 saturated carbocycles. The number of hydrazone groups is 1. The van der Waals surface area contributed by atoms with Crippen molar-refractivity contribution < 1.29 is 14.0 Å². The van der Waals surface area contributed by atoms with Gasteiger partial charge in [-0.3, -0.25) is 9.59 Å². The topological polar surface area (TPSA) is 94.3 Å². The van der Waals surface area contributed by atoms with Crippen molar-refractivity contribution in [2.24, 2.45) is 5.10 Å². The summed E-state index contributed by atoms with van der Waals surface area (Å²) in [4.78, 5) is 24.5. The largest absolute Gasteiger partial charge is 0.322 e. The zero-order valence-corrected chi connectivity index (χ0v) is 15.1. The molecule has 3 aromatic rings. The predicted molar refractivity (Wildman–Crippen MR) is 107 cm³/mol. The second-order valence-electron chi connectivity index (χ2n) is 5.95. The van der Waals surface area contributed by atoms with Gasteiger partial charge in [-0.2, -0.15) is 10.4 Å². The fourth-order valence-corrected chi connectivity index (χ4v) is 2.46. The molecule has 142 valence electrons. The summed E-state index contributed by atoms with van der Waals surface area (Å²) < 4.78 is 13.7. The van der Waals surface area contributed by atoms with Crippen molar-refractivity contribution in [3.63, 3.8) is 0 Å². The number of hydrogen-bond acceptors (Lipinski definition) is 4. The zero-order chi connectivity index (χ0) is 20.6. The van der Waals surface area contributed by atoms with E-state index in [0.717, 1.165) is 5.56 Å². The number of anilines is 1. The van der Waals surface area contributed by atoms with Gasteiger partial charge in [-0.05, 0) is 48.0 Å². The molecule has 0 aliphatic carbocycles. The van der Waals surface area contributed by atoms with Crippen molar-refractivity contribution in [1.82, 2.24) is 5.43 Å². The van der Waals surface area contributed by atoms with Crippen LogP contribution in [0.1, 0.15) is 31.8 Å². The van der Waals surface area contributed by atoms with Gasteiger partial charge in [0.2, 0.25) is 0 Å². The maximum absolute atomic E-state index is 13.7. The van der Waals surface area contributed by atoms with Crippen LogP contribution in [0.3, 0.4) is 0 Å². The molecule has 7 heteroatoms. The number of rotatable bonds is 5. The second-order valence-corrected chi connectivity index (χ2v) is 5.95. The average molecular weight is 386 g/mol. The molecule has 0 fully saturated rings. The van der Waals surface area contributed by atoms with E-state index in [1.807, 2.05) is 6.07 Å². The molecule has 29 heavy (non-hydrogen) atoms. The second kappa shape index (κ2) is 9.06. The number of nitrogens with one attached hydrogen (secondary N) is 2. The smallest absolute Gasteiger partial charge is 0.271 e. The van der Waals surface area contributed by atoms with Crippen LogP contribution in [0.15, 0.2) is 77.9 Å². The van der Waals surface area contributed by atoms with Crippen LogP contribution >= 0.6 is 0 Å². The lowest BCUT2D eigenvalue weighted by molar-refractivity contribution is 0.0953. The van der Waals surface area contributed by atoms with Gasteiger partial charge < -0.3 is 5.32 Å². The highest BCUT2D eigenvalue weighted by Gasteiger charge is 2.12. The molecular formula is C22H15FN4O2. The van der Waals surface area contributed by atoms with Crippen LogP contribution in [0.2, 0.25) is 0 Å². The monoisotopic (exact) mass is 386 g/mol. The molecule has 3 aromatic carbocycles. The number of nitriles is 1. The molecule has 0 aliphatic heterocycles. The molecule has 0 aromatic heterocycles. The molecule has 2 N–H and O–H groups in total. The summed E-state index contributed by atoms with van der Waals surface area (Å²) in [6.07, 6.45) is 1.45. The Hall–Kier alpha value is -4.31. The standard InChI is InChI=1S/C22H15FN4O2/c23-20-7-2-1-6-19(20)22(29)26-18-5-3-4-17(12-18)21(28)27-25-14-16-10-8-15(13-24)9-11-16/h1-12,14H,(H,26,29)(H,27,28)/b25-14+. The molecule has 0 heterocycles. The maximum atomic E-state index is 13.7. The Morgan fingerprint density at radius 1 is 0.966 bits per heavy atom. The quantitative estimate of drug-likeness (QED) is 0.517. The molecule has 0 radical (unpaired) electrons. The van der Waals surface area contributed by atoms with Crippen molar-refractivity contribution >= 4 is 23.7 Å². The first-order chi connectivity index (χ1) is 14.1. The lowest BCUT2D eigenvalue weighted by atomic mass is 10.1. The number of amides is 2. The molecule has 0 saturated heterocycles. The van der Waals surface area contributed by atoms with Crippen LogP contribution in [-0.2, 0) is 0 Å². The van der Waals surface area contributed by atoms with Crippen molar-refractivity contribution in [3.8, 4) is 6.07 Å². The van der Waals surface area contributed by atoms with E-state index in [1.165, 1.54) is 30.5 Å². The summed E-state index contributed by atoms with van der Waals surface area (Å²) in [6, 6.07) is 20.6. The highest BCUT2D eigenvalue weighted by molar-refractivity contribution is 6.05. The van der Waals surface area contributed by atoms with Crippen LogP contribution in [-0.4, -0.2) is 18.0 Å². The third-order valence-corrected chi connectivity index (χ3v) is 3.92. The number of carbonyl (C=O) groups is 2. The number of hydrogen-bond donors (Lipinski definition) is 2. The third-order valence-electron chi connectivity index (χ3n) is 3.92. The van der Waals surface area contributed by atoms with Gasteiger partial charge in [0.25, 0.3) is 11.8 Å². The number of benzene rings is 3. The first kappa shape index (κ1) is 19.5. The average Bonchev–Trinajstić information content (AvgIpc) is 2.74. The summed E-state index contributed by atoms with van der Waals surface area (Å²) in [7, 11) is 0. The summed E-state index contributed by atoms with van der Waals surface area (Å²) in [6.45, 7) is 0. The van der Waals surface area contributed by atoms with Crippen molar-refractivity contribution in [2.75, 3.05) is 5.32 Å². The minimum atomic E-state index is -0.629. The Morgan fingerprint density at radius 3 is 2.45 bits per heavy atom. The zero-order valence-electron chi connectivity index (χ0n) is 15.1. The van der Waals surface area contributed by atoms with Crippen molar-refractivity contribution in [3.05, 3.63) is 101 Å². The fraction of sp³-hybridized carbons (Fsp3) is 0. The summed E-state index contributed by atoms with van der Waals surface area (Å²) in [5.41, 5.74) is 4.17. The number of halogens is 1. The molecule has 0 spiro atoms. The predicted octanol–water partition coefficient (Wildman–Crippen LogP) is 3.71. The van der Waals surface area contributed by atoms with Crippen LogP contribution < -0.4 is 10.7 Å². The first-order valence-electron chi connectivity index (χ1n) is 8.56. The molecular weight excluding hydrogens is 371 g/mol. The lowest BCUT2D eigenvalue weighted by Crippen LogP contribution is -2.18. The van der Waals surface area contributed by atoms with Crippen LogP contribution in [0.4, 0.5) is 10.1 Å². The molecule has 0 aliphatic rings. The minimum Gasteiger partial charge on any atom is -0.322 e. The van der Waals surface area contributed by atoms with Gasteiger partial charge >= 0.3 is 0 Å². The van der Waals surface area contributed by atoms with Crippen LogP contribution in [0, 0.1) is 17.1 Å². The molecule has 2 amide bonds. The molecule has 0 bridgehead atoms. The van der Waals surface area contributed by atoms with E-state index in [0.29, 0.717) is 11.3 Å². The maximum Gasteiger partial charge on any atom is 0.271 e. The molecule has 6 nitrogen and oxygen atoms in total. The van der Waals surface area contributed by atoms with Crippen LogP contribution in [0.5, 0.6) is 0 Å².